The van der Waals surface area contributed by atoms with E-state index in [1.807, 2.05) is 48.5 Å². The molecule has 0 bridgehead atoms. The van der Waals surface area contributed by atoms with Gasteiger partial charge in [-0.1, -0.05) is 36.4 Å². The molecule has 6 rings (SSSR count). The number of hydrogen-bond acceptors (Lipinski definition) is 6. The van der Waals surface area contributed by atoms with Gasteiger partial charge in [-0.25, -0.2) is 5.01 Å². The van der Waals surface area contributed by atoms with Crippen molar-refractivity contribution in [2.24, 2.45) is 5.10 Å². The number of phenols is 1. The number of pyridine rings is 1. The molecule has 2 aliphatic heterocycles. The van der Waals surface area contributed by atoms with Crippen LogP contribution in [-0.2, 0) is 6.54 Å². The molecule has 0 saturated carbocycles. The van der Waals surface area contributed by atoms with Gasteiger partial charge in [0.1, 0.15) is 5.75 Å². The summed E-state index contributed by atoms with van der Waals surface area (Å²) in [6.45, 7) is 0.478. The number of carbonyl (C=O) groups is 2. The summed E-state index contributed by atoms with van der Waals surface area (Å²) < 4.78 is 0. The van der Waals surface area contributed by atoms with Crippen LogP contribution in [0.5, 0.6) is 5.75 Å². The van der Waals surface area contributed by atoms with Gasteiger partial charge in [0, 0.05) is 46.9 Å². The maximum absolute atomic E-state index is 13.7. The fourth-order valence-corrected chi connectivity index (χ4v) is 5.60. The van der Waals surface area contributed by atoms with Crippen molar-refractivity contribution in [2.45, 2.75) is 19.0 Å². The molecule has 2 aromatic heterocycles. The summed E-state index contributed by atoms with van der Waals surface area (Å²) in [5, 5.41) is 19.5. The molecule has 8 heteroatoms. The van der Waals surface area contributed by atoms with Crippen LogP contribution >= 0.6 is 11.3 Å². The molecule has 2 amide bonds. The molecule has 0 aliphatic carbocycles. The maximum atomic E-state index is 13.7. The van der Waals surface area contributed by atoms with Crippen LogP contribution in [0, 0.1) is 0 Å². The Morgan fingerprint density at radius 3 is 2.71 bits per heavy atom. The minimum atomic E-state index is -0.438. The number of rotatable bonds is 4. The van der Waals surface area contributed by atoms with Gasteiger partial charge >= 0.3 is 0 Å². The van der Waals surface area contributed by atoms with Gasteiger partial charge in [0.2, 0.25) is 0 Å². The molecular weight excluding hydrogens is 460 g/mol. The highest BCUT2D eigenvalue weighted by molar-refractivity contribution is 7.17. The molecule has 2 aromatic carbocycles. The molecule has 0 radical (unpaired) electrons. The summed E-state index contributed by atoms with van der Waals surface area (Å²) >= 11 is 1.37. The first-order valence-corrected chi connectivity index (χ1v) is 12.0. The Kier molecular flexibility index (Phi) is 5.15. The zero-order chi connectivity index (χ0) is 23.9. The van der Waals surface area contributed by atoms with Crippen molar-refractivity contribution in [3.05, 3.63) is 106 Å². The zero-order valence-electron chi connectivity index (χ0n) is 18.5. The zero-order valence-corrected chi connectivity index (χ0v) is 19.3. The number of aromatic hydroxyl groups is 1. The highest BCUT2D eigenvalue weighted by atomic mass is 32.1. The third-order valence-corrected chi connectivity index (χ3v) is 7.44. The number of nitrogens with zero attached hydrogens (tertiary/aromatic N) is 3. The van der Waals surface area contributed by atoms with Gasteiger partial charge in [0.15, 0.2) is 0 Å². The van der Waals surface area contributed by atoms with Crippen LogP contribution in [0.15, 0.2) is 84.2 Å². The van der Waals surface area contributed by atoms with E-state index in [2.05, 4.69) is 15.4 Å². The largest absolute Gasteiger partial charge is 0.508 e. The van der Waals surface area contributed by atoms with E-state index in [1.54, 1.807) is 30.6 Å². The summed E-state index contributed by atoms with van der Waals surface area (Å²) in [6, 6.07) is 19.7. The molecule has 1 atom stereocenters. The topological polar surface area (TPSA) is 94.9 Å². The van der Waals surface area contributed by atoms with Gasteiger partial charge in [-0.3, -0.25) is 14.6 Å². The SMILES string of the molecule is O=C1NCc2c1cccc2-c1ccc(C(=O)N2N=C(c3cccnc3)CC2c2ccccc2O)s1. The highest BCUT2D eigenvalue weighted by Crippen LogP contribution is 2.40. The molecule has 0 fully saturated rings. The minimum Gasteiger partial charge on any atom is -0.508 e. The molecule has 35 heavy (non-hydrogen) atoms. The number of amides is 2. The highest BCUT2D eigenvalue weighted by Gasteiger charge is 2.36. The Bertz CT molecular complexity index is 1500. The van der Waals surface area contributed by atoms with E-state index in [0.29, 0.717) is 29.0 Å². The first-order chi connectivity index (χ1) is 17.1. The molecule has 4 aromatic rings. The summed E-state index contributed by atoms with van der Waals surface area (Å²) in [5.41, 5.74) is 4.79. The number of thiophene rings is 1. The van der Waals surface area contributed by atoms with Crippen molar-refractivity contribution in [3.8, 4) is 16.2 Å². The number of hydrazone groups is 1. The predicted octanol–water partition coefficient (Wildman–Crippen LogP) is 4.75. The Labute approximate surface area is 205 Å². The van der Waals surface area contributed by atoms with Gasteiger partial charge in [-0.15, -0.1) is 11.3 Å². The van der Waals surface area contributed by atoms with Gasteiger partial charge in [0.25, 0.3) is 11.8 Å². The summed E-state index contributed by atoms with van der Waals surface area (Å²) in [4.78, 5) is 31.4. The average molecular weight is 481 g/mol. The van der Waals surface area contributed by atoms with E-state index in [4.69, 9.17) is 0 Å². The fraction of sp³-hybridized carbons (Fsp3) is 0.111. The number of hydrogen-bond donors (Lipinski definition) is 2. The second-order valence-electron chi connectivity index (χ2n) is 8.40. The van der Waals surface area contributed by atoms with E-state index >= 15 is 0 Å². The Morgan fingerprint density at radius 1 is 1.03 bits per heavy atom. The van der Waals surface area contributed by atoms with Gasteiger partial charge in [0.05, 0.1) is 16.6 Å². The standard InChI is InChI=1S/C27H20N4O3S/c32-23-9-2-1-6-19(23)22-13-21(16-5-4-12-28-14-16)30-31(22)27(34)25-11-10-24(35-25)17-7-3-8-18-20(17)15-29-26(18)33/h1-12,14,22,32H,13,15H2,(H,29,33). The van der Waals surface area contributed by atoms with Crippen LogP contribution in [0.4, 0.5) is 0 Å². The maximum Gasteiger partial charge on any atom is 0.284 e. The Hall–Kier alpha value is -4.30. The lowest BCUT2D eigenvalue weighted by molar-refractivity contribution is 0.0714. The van der Waals surface area contributed by atoms with Crippen LogP contribution in [0.1, 0.15) is 49.2 Å². The Morgan fingerprint density at radius 2 is 1.89 bits per heavy atom. The molecule has 0 saturated heterocycles. The lowest BCUT2D eigenvalue weighted by Gasteiger charge is -2.22. The van der Waals surface area contributed by atoms with Crippen molar-refractivity contribution in [2.75, 3.05) is 0 Å². The van der Waals surface area contributed by atoms with Crippen LogP contribution in [0.25, 0.3) is 10.4 Å². The summed E-state index contributed by atoms with van der Waals surface area (Å²) in [5.74, 6) is -0.188. The number of benzene rings is 2. The number of aromatic nitrogens is 1. The third kappa shape index (κ3) is 3.68. The second kappa shape index (κ2) is 8.48. The third-order valence-electron chi connectivity index (χ3n) is 6.34. The quantitative estimate of drug-likeness (QED) is 0.441. The van der Waals surface area contributed by atoms with Crippen LogP contribution in [0.2, 0.25) is 0 Å². The van der Waals surface area contributed by atoms with Crippen molar-refractivity contribution in [1.29, 1.82) is 0 Å². The molecule has 1 unspecified atom stereocenters. The average Bonchev–Trinajstić information content (AvgIpc) is 3.64. The van der Waals surface area contributed by atoms with E-state index < -0.39 is 6.04 Å². The van der Waals surface area contributed by atoms with Crippen LogP contribution in [-0.4, -0.2) is 32.6 Å². The lowest BCUT2D eigenvalue weighted by atomic mass is 9.98. The molecule has 4 heterocycles. The minimum absolute atomic E-state index is 0.0745. The number of phenolic OH excluding ortho intramolecular Hbond substituents is 1. The molecule has 7 nitrogen and oxygen atoms in total. The summed E-state index contributed by atoms with van der Waals surface area (Å²) in [6.07, 6.45) is 3.88. The molecule has 172 valence electrons. The van der Waals surface area contributed by atoms with E-state index in [-0.39, 0.29) is 17.6 Å². The van der Waals surface area contributed by atoms with E-state index in [1.165, 1.54) is 16.3 Å². The fourth-order valence-electron chi connectivity index (χ4n) is 4.61. The number of fused-ring (bicyclic) bond motifs is 1. The molecule has 0 spiro atoms. The van der Waals surface area contributed by atoms with Gasteiger partial charge in [-0.05, 0) is 41.5 Å². The molecule has 2 N–H and O–H groups in total. The molecular formula is C27H20N4O3S. The first kappa shape index (κ1) is 21.2. The second-order valence-corrected chi connectivity index (χ2v) is 9.48. The first-order valence-electron chi connectivity index (χ1n) is 11.2. The number of nitrogens with one attached hydrogen (secondary N) is 1. The Balaban J connectivity index is 1.37. The van der Waals surface area contributed by atoms with Gasteiger partial charge in [-0.2, -0.15) is 5.10 Å². The summed E-state index contributed by atoms with van der Waals surface area (Å²) in [7, 11) is 0. The number of para-hydroxylation sites is 1. The predicted molar refractivity (Wildman–Crippen MR) is 133 cm³/mol. The number of carbonyl (C=O) groups excluding carboxylic acids is 2. The van der Waals surface area contributed by atoms with Crippen LogP contribution in [0.3, 0.4) is 0 Å². The van der Waals surface area contributed by atoms with Crippen molar-refractivity contribution < 1.29 is 14.7 Å². The monoisotopic (exact) mass is 480 g/mol. The van der Waals surface area contributed by atoms with Crippen molar-refractivity contribution >= 4 is 28.9 Å². The lowest BCUT2D eigenvalue weighted by Crippen LogP contribution is -2.26. The van der Waals surface area contributed by atoms with Crippen LogP contribution < -0.4 is 5.32 Å². The normalized spacial score (nSPS) is 16.7. The van der Waals surface area contributed by atoms with Crippen molar-refractivity contribution in [3.63, 3.8) is 0 Å². The smallest absolute Gasteiger partial charge is 0.284 e. The molecule has 2 aliphatic rings. The van der Waals surface area contributed by atoms with E-state index in [9.17, 15) is 14.7 Å². The van der Waals surface area contributed by atoms with Gasteiger partial charge < -0.3 is 10.4 Å². The van der Waals surface area contributed by atoms with E-state index in [0.717, 1.165) is 27.3 Å². The van der Waals surface area contributed by atoms with Crippen molar-refractivity contribution in [1.82, 2.24) is 15.3 Å².